The third-order valence-corrected chi connectivity index (χ3v) is 4.68. The van der Waals surface area contributed by atoms with Gasteiger partial charge < -0.3 is 15.4 Å². The molecule has 4 rings (SSSR count). The van der Waals surface area contributed by atoms with Crippen LogP contribution in [0.15, 0.2) is 60.9 Å². The topological polar surface area (TPSA) is 94.1 Å². The molecular formula is C22H20FN5O2. The molecule has 0 spiro atoms. The molecular weight excluding hydrogens is 385 g/mol. The van der Waals surface area contributed by atoms with E-state index < -0.39 is 11.8 Å². The molecule has 2 heterocycles. The molecule has 0 unspecified atom stereocenters. The number of H-pyrrole nitrogens is 1. The Kier molecular flexibility index (Phi) is 5.40. The summed E-state index contributed by atoms with van der Waals surface area (Å²) in [6, 6.07) is 14.8. The molecule has 2 amide bonds. The second kappa shape index (κ2) is 8.30. The number of aliphatic hydroxyl groups is 1. The van der Waals surface area contributed by atoms with Gasteiger partial charge in [0.25, 0.3) is 0 Å². The Hall–Kier alpha value is -3.78. The molecule has 8 heteroatoms. The standard InChI is InChI=1S/C22H20FN5O2/c1-14-11-17-20(24-13-25-21(17)26-14)15-7-8-19(18(23)12-15)27-22(30)28(9-10-29)16-5-3-2-4-6-16/h2-8,11-13,29H,9-10H2,1H3,(H,27,30)(H,24,25,26). The molecule has 0 saturated heterocycles. The van der Waals surface area contributed by atoms with Gasteiger partial charge in [-0.05, 0) is 37.3 Å². The zero-order valence-electron chi connectivity index (χ0n) is 16.3. The van der Waals surface area contributed by atoms with Crippen molar-refractivity contribution in [1.82, 2.24) is 15.0 Å². The minimum atomic E-state index is -0.586. The molecule has 0 aliphatic rings. The van der Waals surface area contributed by atoms with E-state index in [0.717, 1.165) is 11.1 Å². The predicted molar refractivity (Wildman–Crippen MR) is 114 cm³/mol. The number of urea groups is 1. The number of hydrogen-bond acceptors (Lipinski definition) is 4. The summed E-state index contributed by atoms with van der Waals surface area (Å²) in [4.78, 5) is 25.7. The average molecular weight is 405 g/mol. The third-order valence-electron chi connectivity index (χ3n) is 4.68. The van der Waals surface area contributed by atoms with Gasteiger partial charge >= 0.3 is 6.03 Å². The number of aryl methyl sites for hydroxylation is 1. The Morgan fingerprint density at radius 1 is 1.17 bits per heavy atom. The predicted octanol–water partition coefficient (Wildman–Crippen LogP) is 4.10. The van der Waals surface area contributed by atoms with Crippen molar-refractivity contribution in [3.8, 4) is 11.3 Å². The monoisotopic (exact) mass is 405 g/mol. The van der Waals surface area contributed by atoms with Gasteiger partial charge in [0, 0.05) is 22.3 Å². The minimum Gasteiger partial charge on any atom is -0.395 e. The van der Waals surface area contributed by atoms with E-state index in [2.05, 4.69) is 20.3 Å². The molecule has 0 aliphatic heterocycles. The zero-order chi connectivity index (χ0) is 21.1. The van der Waals surface area contributed by atoms with Crippen molar-refractivity contribution in [1.29, 1.82) is 0 Å². The van der Waals surface area contributed by atoms with Crippen LogP contribution in [0, 0.1) is 12.7 Å². The number of amides is 2. The summed E-state index contributed by atoms with van der Waals surface area (Å²) in [5, 5.41) is 12.7. The van der Waals surface area contributed by atoms with E-state index in [-0.39, 0.29) is 18.8 Å². The Balaban J connectivity index is 1.61. The molecule has 0 atom stereocenters. The fraction of sp³-hybridized carbons (Fsp3) is 0.136. The van der Waals surface area contributed by atoms with Crippen molar-refractivity contribution < 1.29 is 14.3 Å². The quantitative estimate of drug-likeness (QED) is 0.466. The number of carbonyl (C=O) groups is 1. The number of fused-ring (bicyclic) bond motifs is 1. The number of aromatic nitrogens is 3. The van der Waals surface area contributed by atoms with Crippen LogP contribution in [0.2, 0.25) is 0 Å². The Bertz CT molecular complexity index is 1190. The fourth-order valence-corrected chi connectivity index (χ4v) is 3.30. The summed E-state index contributed by atoms with van der Waals surface area (Å²) >= 11 is 0. The highest BCUT2D eigenvalue weighted by molar-refractivity contribution is 6.02. The summed E-state index contributed by atoms with van der Waals surface area (Å²) in [6.45, 7) is 1.78. The maximum Gasteiger partial charge on any atom is 0.326 e. The first-order chi connectivity index (χ1) is 14.6. The molecule has 7 nitrogen and oxygen atoms in total. The van der Waals surface area contributed by atoms with E-state index in [0.29, 0.717) is 22.6 Å². The fourth-order valence-electron chi connectivity index (χ4n) is 3.30. The number of hydrogen-bond donors (Lipinski definition) is 3. The average Bonchev–Trinajstić information content (AvgIpc) is 3.14. The summed E-state index contributed by atoms with van der Waals surface area (Å²) in [5.41, 5.74) is 3.43. The van der Waals surface area contributed by atoms with Gasteiger partial charge in [-0.25, -0.2) is 19.2 Å². The molecule has 0 bridgehead atoms. The van der Waals surface area contributed by atoms with E-state index in [1.807, 2.05) is 19.1 Å². The van der Waals surface area contributed by atoms with E-state index in [4.69, 9.17) is 0 Å². The zero-order valence-corrected chi connectivity index (χ0v) is 16.3. The number of aromatic amines is 1. The van der Waals surface area contributed by atoms with Crippen LogP contribution in [0.4, 0.5) is 20.6 Å². The molecule has 0 fully saturated rings. The Morgan fingerprint density at radius 2 is 1.97 bits per heavy atom. The van der Waals surface area contributed by atoms with E-state index in [1.165, 1.54) is 23.4 Å². The summed E-state index contributed by atoms with van der Waals surface area (Å²) < 4.78 is 14.8. The van der Waals surface area contributed by atoms with Crippen LogP contribution in [-0.2, 0) is 0 Å². The molecule has 0 aliphatic carbocycles. The highest BCUT2D eigenvalue weighted by atomic mass is 19.1. The first-order valence-electron chi connectivity index (χ1n) is 9.41. The van der Waals surface area contributed by atoms with Crippen LogP contribution in [-0.4, -0.2) is 39.2 Å². The van der Waals surface area contributed by atoms with Crippen molar-refractivity contribution >= 4 is 28.4 Å². The van der Waals surface area contributed by atoms with Gasteiger partial charge in [-0.1, -0.05) is 24.3 Å². The van der Waals surface area contributed by atoms with Crippen LogP contribution >= 0.6 is 0 Å². The molecule has 0 saturated carbocycles. The number of aliphatic hydroxyl groups excluding tert-OH is 1. The molecule has 0 radical (unpaired) electrons. The first-order valence-corrected chi connectivity index (χ1v) is 9.41. The molecule has 152 valence electrons. The molecule has 3 N–H and O–H groups in total. The first kappa shape index (κ1) is 19.5. The number of carbonyl (C=O) groups excluding carboxylic acids is 1. The lowest BCUT2D eigenvalue weighted by atomic mass is 10.1. The second-order valence-corrected chi connectivity index (χ2v) is 6.77. The van der Waals surface area contributed by atoms with E-state index >= 15 is 0 Å². The number of nitrogens with one attached hydrogen (secondary N) is 2. The van der Waals surface area contributed by atoms with Gasteiger partial charge in [0.1, 0.15) is 17.8 Å². The van der Waals surface area contributed by atoms with Gasteiger partial charge in [0.15, 0.2) is 0 Å². The largest absolute Gasteiger partial charge is 0.395 e. The lowest BCUT2D eigenvalue weighted by Gasteiger charge is -2.22. The SMILES string of the molecule is Cc1cc2c(-c3ccc(NC(=O)N(CCO)c4ccccc4)c(F)c3)ncnc2[nH]1. The Morgan fingerprint density at radius 3 is 2.70 bits per heavy atom. The lowest BCUT2D eigenvalue weighted by Crippen LogP contribution is -2.37. The third kappa shape index (κ3) is 3.85. The number of anilines is 2. The minimum absolute atomic E-state index is 0.0400. The van der Waals surface area contributed by atoms with Crippen molar-refractivity contribution in [2.24, 2.45) is 0 Å². The van der Waals surface area contributed by atoms with Crippen LogP contribution in [0.5, 0.6) is 0 Å². The van der Waals surface area contributed by atoms with Crippen molar-refractivity contribution in [3.05, 3.63) is 72.4 Å². The number of para-hydroxylation sites is 1. The number of rotatable bonds is 5. The maximum absolute atomic E-state index is 14.8. The normalized spacial score (nSPS) is 10.9. The van der Waals surface area contributed by atoms with Gasteiger partial charge in [-0.15, -0.1) is 0 Å². The highest BCUT2D eigenvalue weighted by Crippen LogP contribution is 2.29. The van der Waals surface area contributed by atoms with E-state index in [1.54, 1.807) is 30.3 Å². The van der Waals surface area contributed by atoms with Gasteiger partial charge in [0.05, 0.1) is 24.5 Å². The molecule has 2 aromatic heterocycles. The summed E-state index contributed by atoms with van der Waals surface area (Å²) in [7, 11) is 0. The van der Waals surface area contributed by atoms with E-state index in [9.17, 15) is 14.3 Å². The van der Waals surface area contributed by atoms with Crippen molar-refractivity contribution in [2.45, 2.75) is 6.92 Å². The molecule has 2 aromatic carbocycles. The van der Waals surface area contributed by atoms with Gasteiger partial charge in [0.2, 0.25) is 0 Å². The number of halogens is 1. The van der Waals surface area contributed by atoms with Crippen LogP contribution in [0.1, 0.15) is 5.69 Å². The number of benzene rings is 2. The summed E-state index contributed by atoms with van der Waals surface area (Å²) in [5.74, 6) is -0.586. The second-order valence-electron chi connectivity index (χ2n) is 6.77. The van der Waals surface area contributed by atoms with Crippen LogP contribution < -0.4 is 10.2 Å². The van der Waals surface area contributed by atoms with Crippen LogP contribution in [0.25, 0.3) is 22.3 Å². The number of nitrogens with zero attached hydrogens (tertiary/aromatic N) is 3. The highest BCUT2D eigenvalue weighted by Gasteiger charge is 2.18. The maximum atomic E-state index is 14.8. The lowest BCUT2D eigenvalue weighted by molar-refractivity contribution is 0.252. The summed E-state index contributed by atoms with van der Waals surface area (Å²) in [6.07, 6.45) is 1.42. The van der Waals surface area contributed by atoms with Crippen LogP contribution in [0.3, 0.4) is 0 Å². The van der Waals surface area contributed by atoms with Crippen molar-refractivity contribution in [2.75, 3.05) is 23.4 Å². The smallest absolute Gasteiger partial charge is 0.326 e. The molecule has 4 aromatic rings. The van der Waals surface area contributed by atoms with Gasteiger partial charge in [-0.3, -0.25) is 4.90 Å². The van der Waals surface area contributed by atoms with Crippen molar-refractivity contribution in [3.63, 3.8) is 0 Å². The Labute approximate surface area is 172 Å². The molecule has 30 heavy (non-hydrogen) atoms. The van der Waals surface area contributed by atoms with Gasteiger partial charge in [-0.2, -0.15) is 0 Å².